The van der Waals surface area contributed by atoms with Crippen molar-refractivity contribution in [2.45, 2.75) is 13.0 Å². The normalized spacial score (nSPS) is 11.7. The van der Waals surface area contributed by atoms with E-state index in [1.54, 1.807) is 6.20 Å². The highest BCUT2D eigenvalue weighted by atomic mass is 35.5. The summed E-state index contributed by atoms with van der Waals surface area (Å²) in [5, 5.41) is 9.42. The highest BCUT2D eigenvalue weighted by Crippen LogP contribution is 2.25. The summed E-state index contributed by atoms with van der Waals surface area (Å²) in [4.78, 5) is 10.2. The zero-order valence-electron chi connectivity index (χ0n) is 10.7. The van der Waals surface area contributed by atoms with Gasteiger partial charge in [0.15, 0.2) is 5.69 Å². The second-order valence-electron chi connectivity index (χ2n) is 4.21. The third kappa shape index (κ3) is 3.01. The first-order valence-electron chi connectivity index (χ1n) is 5.82. The lowest BCUT2D eigenvalue weighted by atomic mass is 10.1. The van der Waals surface area contributed by atoms with E-state index < -0.39 is 0 Å². The minimum atomic E-state index is 0.112. The van der Waals surface area contributed by atoms with E-state index in [2.05, 4.69) is 16.9 Å². The fraction of sp³-hybridized carbons (Fsp3) is 0.214. The maximum Gasteiger partial charge on any atom is 0.158 e. The Hall–Kier alpha value is -2.12. The van der Waals surface area contributed by atoms with E-state index >= 15 is 0 Å². The zero-order valence-corrected chi connectivity index (χ0v) is 11.5. The number of benzene rings is 1. The molecule has 0 saturated carbocycles. The fourth-order valence-electron chi connectivity index (χ4n) is 1.75. The monoisotopic (exact) mass is 272 g/mol. The Morgan fingerprint density at radius 2 is 2.11 bits per heavy atom. The van der Waals surface area contributed by atoms with Crippen LogP contribution in [0.5, 0.6) is 0 Å². The van der Waals surface area contributed by atoms with Gasteiger partial charge in [-0.3, -0.25) is 0 Å². The Morgan fingerprint density at radius 1 is 1.32 bits per heavy atom. The van der Waals surface area contributed by atoms with Gasteiger partial charge in [-0.25, -0.2) is 9.97 Å². The highest BCUT2D eigenvalue weighted by Gasteiger charge is 2.14. The number of anilines is 1. The lowest BCUT2D eigenvalue weighted by Crippen LogP contribution is -2.22. The van der Waals surface area contributed by atoms with Gasteiger partial charge >= 0.3 is 0 Å². The molecule has 4 nitrogen and oxygen atoms in total. The first-order chi connectivity index (χ1) is 9.11. The maximum absolute atomic E-state index is 8.70. The molecule has 1 atom stereocenters. The van der Waals surface area contributed by atoms with Crippen LogP contribution in [-0.4, -0.2) is 17.0 Å². The first kappa shape index (κ1) is 13.3. The predicted molar refractivity (Wildman–Crippen MR) is 75.0 cm³/mol. The van der Waals surface area contributed by atoms with E-state index in [9.17, 15) is 0 Å². The van der Waals surface area contributed by atoms with E-state index in [0.717, 1.165) is 5.56 Å². The molecule has 0 amide bonds. The molecule has 0 aliphatic rings. The van der Waals surface area contributed by atoms with Gasteiger partial charge in [0.1, 0.15) is 11.9 Å². The van der Waals surface area contributed by atoms with Crippen molar-refractivity contribution < 1.29 is 0 Å². The Kier molecular flexibility index (Phi) is 3.98. The summed E-state index contributed by atoms with van der Waals surface area (Å²) < 4.78 is 0. The highest BCUT2D eigenvalue weighted by molar-refractivity contribution is 6.30. The Morgan fingerprint density at radius 3 is 2.68 bits per heavy atom. The molecular weight excluding hydrogens is 260 g/mol. The van der Waals surface area contributed by atoms with Crippen molar-refractivity contribution in [3.8, 4) is 6.07 Å². The van der Waals surface area contributed by atoms with E-state index in [-0.39, 0.29) is 6.04 Å². The number of hydrogen-bond acceptors (Lipinski definition) is 4. The average molecular weight is 273 g/mol. The molecule has 0 N–H and O–H groups in total. The predicted octanol–water partition coefficient (Wildman–Crippen LogP) is 3.20. The molecule has 0 aliphatic carbocycles. The van der Waals surface area contributed by atoms with Crippen molar-refractivity contribution in [3.63, 3.8) is 0 Å². The summed E-state index contributed by atoms with van der Waals surface area (Å²) in [5.74, 6) is 0.714. The third-order valence-electron chi connectivity index (χ3n) is 3.03. The van der Waals surface area contributed by atoms with Crippen LogP contribution in [-0.2, 0) is 0 Å². The van der Waals surface area contributed by atoms with Crippen LogP contribution in [0.25, 0.3) is 0 Å². The van der Waals surface area contributed by atoms with Crippen LogP contribution in [0, 0.1) is 11.3 Å². The summed E-state index contributed by atoms with van der Waals surface area (Å²) in [6.07, 6.45) is 3.07. The van der Waals surface area contributed by atoms with Crippen molar-refractivity contribution in [1.82, 2.24) is 9.97 Å². The Balaban J connectivity index is 2.23. The molecule has 0 aliphatic heterocycles. The molecule has 5 heteroatoms. The molecule has 2 aromatic rings. The van der Waals surface area contributed by atoms with Crippen LogP contribution in [0.1, 0.15) is 24.2 Å². The topological polar surface area (TPSA) is 52.8 Å². The van der Waals surface area contributed by atoms with Crippen molar-refractivity contribution in [2.75, 3.05) is 11.9 Å². The van der Waals surface area contributed by atoms with E-state index in [0.29, 0.717) is 16.5 Å². The zero-order chi connectivity index (χ0) is 13.8. The van der Waals surface area contributed by atoms with Gasteiger partial charge in [0.05, 0.1) is 18.4 Å². The fourth-order valence-corrected chi connectivity index (χ4v) is 1.95. The van der Waals surface area contributed by atoms with Gasteiger partial charge in [-0.05, 0) is 24.6 Å². The smallest absolute Gasteiger partial charge is 0.158 e. The summed E-state index contributed by atoms with van der Waals surface area (Å²) >= 11 is 6.00. The molecule has 0 saturated heterocycles. The molecule has 1 unspecified atom stereocenters. The van der Waals surface area contributed by atoms with Crippen LogP contribution in [0.3, 0.4) is 0 Å². The molecule has 0 fully saturated rings. The minimum Gasteiger partial charge on any atom is -0.352 e. The molecule has 1 heterocycles. The average Bonchev–Trinajstić information content (AvgIpc) is 2.46. The van der Waals surface area contributed by atoms with Crippen LogP contribution < -0.4 is 4.90 Å². The molecule has 2 rings (SSSR count). The second-order valence-corrected chi connectivity index (χ2v) is 4.65. The molecule has 0 radical (unpaired) electrons. The lowest BCUT2D eigenvalue weighted by Gasteiger charge is -2.26. The van der Waals surface area contributed by atoms with Crippen LogP contribution in [0.2, 0.25) is 5.02 Å². The molecular formula is C14H13ClN4. The van der Waals surface area contributed by atoms with Crippen molar-refractivity contribution in [2.24, 2.45) is 0 Å². The van der Waals surface area contributed by atoms with Gasteiger partial charge in [-0.15, -0.1) is 0 Å². The van der Waals surface area contributed by atoms with Gasteiger partial charge in [-0.2, -0.15) is 5.26 Å². The lowest BCUT2D eigenvalue weighted by molar-refractivity contribution is 0.726. The van der Waals surface area contributed by atoms with E-state index in [1.165, 1.54) is 6.20 Å². The summed E-state index contributed by atoms with van der Waals surface area (Å²) in [7, 11) is 1.93. The molecule has 0 bridgehead atoms. The molecule has 1 aromatic carbocycles. The SMILES string of the molecule is CC(c1cccc(Cl)c1)N(C)c1cnc(C#N)cn1. The van der Waals surface area contributed by atoms with Gasteiger partial charge in [0.25, 0.3) is 0 Å². The number of nitriles is 1. The number of nitrogens with zero attached hydrogens (tertiary/aromatic N) is 4. The maximum atomic E-state index is 8.70. The molecule has 19 heavy (non-hydrogen) atoms. The third-order valence-corrected chi connectivity index (χ3v) is 3.26. The Bertz CT molecular complexity index is 604. The van der Waals surface area contributed by atoms with Gasteiger partial charge in [0.2, 0.25) is 0 Å². The first-order valence-corrected chi connectivity index (χ1v) is 6.20. The van der Waals surface area contributed by atoms with Gasteiger partial charge in [-0.1, -0.05) is 23.7 Å². The quantitative estimate of drug-likeness (QED) is 0.861. The molecule has 1 aromatic heterocycles. The summed E-state index contributed by atoms with van der Waals surface area (Å²) in [5.41, 5.74) is 1.41. The second kappa shape index (κ2) is 5.68. The molecule has 96 valence electrons. The minimum absolute atomic E-state index is 0.112. The summed E-state index contributed by atoms with van der Waals surface area (Å²) in [6, 6.07) is 9.78. The van der Waals surface area contributed by atoms with Gasteiger partial charge in [0, 0.05) is 12.1 Å². The largest absolute Gasteiger partial charge is 0.352 e. The van der Waals surface area contributed by atoms with E-state index in [4.69, 9.17) is 16.9 Å². The van der Waals surface area contributed by atoms with Gasteiger partial charge < -0.3 is 4.90 Å². The van der Waals surface area contributed by atoms with Crippen LogP contribution in [0.4, 0.5) is 5.82 Å². The van der Waals surface area contributed by atoms with Crippen molar-refractivity contribution >= 4 is 17.4 Å². The number of aromatic nitrogens is 2. The van der Waals surface area contributed by atoms with E-state index in [1.807, 2.05) is 42.3 Å². The summed E-state index contributed by atoms with van der Waals surface area (Å²) in [6.45, 7) is 2.06. The molecule has 0 spiro atoms. The van der Waals surface area contributed by atoms with Crippen LogP contribution >= 0.6 is 11.6 Å². The van der Waals surface area contributed by atoms with Crippen LogP contribution in [0.15, 0.2) is 36.7 Å². The number of rotatable bonds is 3. The Labute approximate surface area is 117 Å². The standard InChI is InChI=1S/C14H13ClN4/c1-10(11-4-3-5-12(15)6-11)19(2)14-9-17-13(7-16)8-18-14/h3-6,8-10H,1-2H3. The number of halogens is 1. The number of hydrogen-bond donors (Lipinski definition) is 0. The van der Waals surface area contributed by atoms with Crippen molar-refractivity contribution in [3.05, 3.63) is 52.9 Å². The van der Waals surface area contributed by atoms with Crippen molar-refractivity contribution in [1.29, 1.82) is 5.26 Å².